The fourth-order valence-corrected chi connectivity index (χ4v) is 2.33. The van der Waals surface area contributed by atoms with Crippen LogP contribution < -0.4 is 10.1 Å². The summed E-state index contributed by atoms with van der Waals surface area (Å²) in [5, 5.41) is 7.42. The molecule has 118 valence electrons. The molecule has 0 aliphatic carbocycles. The van der Waals surface area contributed by atoms with Crippen LogP contribution >= 0.6 is 11.6 Å². The van der Waals surface area contributed by atoms with Gasteiger partial charge in [0.1, 0.15) is 6.04 Å². The third-order valence-electron chi connectivity index (χ3n) is 3.42. The number of rotatable bonds is 5. The standard InChI is InChI=1S/C15H19ClN4O2/c1-9-5-10(2)19-15(22-4)13(9)7-17-14(21)11(3)20-8-12(16)6-18-20/h5-6,8,11H,7H2,1-4H3,(H,17,21). The lowest BCUT2D eigenvalue weighted by Gasteiger charge is -2.15. The Hall–Kier alpha value is -2.08. The minimum absolute atomic E-state index is 0.151. The summed E-state index contributed by atoms with van der Waals surface area (Å²) < 4.78 is 6.81. The summed E-state index contributed by atoms with van der Waals surface area (Å²) in [6.07, 6.45) is 3.12. The van der Waals surface area contributed by atoms with E-state index < -0.39 is 6.04 Å². The van der Waals surface area contributed by atoms with Crippen LogP contribution in [-0.4, -0.2) is 27.8 Å². The number of nitrogens with zero attached hydrogens (tertiary/aromatic N) is 3. The maximum Gasteiger partial charge on any atom is 0.244 e. The van der Waals surface area contributed by atoms with Gasteiger partial charge >= 0.3 is 0 Å². The Morgan fingerprint density at radius 2 is 2.23 bits per heavy atom. The Kier molecular flexibility index (Phi) is 5.03. The van der Waals surface area contributed by atoms with Crippen LogP contribution in [0.5, 0.6) is 5.88 Å². The number of hydrogen-bond donors (Lipinski definition) is 1. The minimum Gasteiger partial charge on any atom is -0.481 e. The zero-order chi connectivity index (χ0) is 16.3. The Morgan fingerprint density at radius 1 is 1.50 bits per heavy atom. The SMILES string of the molecule is COc1nc(C)cc(C)c1CNC(=O)C(C)n1cc(Cl)cn1. The summed E-state index contributed by atoms with van der Waals surface area (Å²) in [5.74, 6) is 0.384. The van der Waals surface area contributed by atoms with Gasteiger partial charge < -0.3 is 10.1 Å². The van der Waals surface area contributed by atoms with Crippen molar-refractivity contribution in [1.29, 1.82) is 0 Å². The number of nitrogens with one attached hydrogen (secondary N) is 1. The molecule has 0 spiro atoms. The number of amides is 1. The van der Waals surface area contributed by atoms with E-state index in [1.165, 1.54) is 10.9 Å². The molecule has 0 aliphatic rings. The monoisotopic (exact) mass is 322 g/mol. The molecule has 0 saturated heterocycles. The molecule has 6 nitrogen and oxygen atoms in total. The number of ether oxygens (including phenoxy) is 1. The second kappa shape index (κ2) is 6.79. The van der Waals surface area contributed by atoms with Gasteiger partial charge in [0, 0.05) is 24.0 Å². The predicted octanol–water partition coefficient (Wildman–Crippen LogP) is 2.43. The van der Waals surface area contributed by atoms with Gasteiger partial charge in [0.2, 0.25) is 11.8 Å². The van der Waals surface area contributed by atoms with E-state index in [1.807, 2.05) is 19.9 Å². The first-order valence-corrected chi connectivity index (χ1v) is 7.28. The van der Waals surface area contributed by atoms with Crippen molar-refractivity contribution in [2.45, 2.75) is 33.4 Å². The molecule has 1 unspecified atom stereocenters. The highest BCUT2D eigenvalue weighted by atomic mass is 35.5. The van der Waals surface area contributed by atoms with Crippen LogP contribution in [0.15, 0.2) is 18.5 Å². The lowest BCUT2D eigenvalue weighted by molar-refractivity contribution is -0.124. The van der Waals surface area contributed by atoms with Crippen LogP contribution in [0, 0.1) is 13.8 Å². The van der Waals surface area contributed by atoms with E-state index in [1.54, 1.807) is 20.2 Å². The molecular formula is C15H19ClN4O2. The van der Waals surface area contributed by atoms with Crippen molar-refractivity contribution in [3.63, 3.8) is 0 Å². The number of aromatic nitrogens is 3. The number of methoxy groups -OCH3 is 1. The van der Waals surface area contributed by atoms with Gasteiger partial charge in [-0.2, -0.15) is 5.10 Å². The summed E-state index contributed by atoms with van der Waals surface area (Å²) in [6.45, 7) is 5.98. The molecule has 0 bridgehead atoms. The average Bonchev–Trinajstić information content (AvgIpc) is 2.90. The van der Waals surface area contributed by atoms with E-state index in [-0.39, 0.29) is 5.91 Å². The largest absolute Gasteiger partial charge is 0.481 e. The van der Waals surface area contributed by atoms with E-state index in [0.29, 0.717) is 17.4 Å². The fraction of sp³-hybridized carbons (Fsp3) is 0.400. The Morgan fingerprint density at radius 3 is 2.82 bits per heavy atom. The summed E-state index contributed by atoms with van der Waals surface area (Å²) >= 11 is 5.82. The van der Waals surface area contributed by atoms with E-state index in [4.69, 9.17) is 16.3 Å². The molecule has 1 amide bonds. The van der Waals surface area contributed by atoms with Gasteiger partial charge in [-0.3, -0.25) is 9.48 Å². The van der Waals surface area contributed by atoms with Crippen LogP contribution in [0.25, 0.3) is 0 Å². The third-order valence-corrected chi connectivity index (χ3v) is 3.61. The summed E-state index contributed by atoms with van der Waals surface area (Å²) in [5.41, 5.74) is 2.77. The topological polar surface area (TPSA) is 69.0 Å². The van der Waals surface area contributed by atoms with Crippen molar-refractivity contribution in [2.24, 2.45) is 0 Å². The lowest BCUT2D eigenvalue weighted by atomic mass is 10.1. The van der Waals surface area contributed by atoms with Crippen molar-refractivity contribution in [3.05, 3.63) is 40.3 Å². The second-order valence-corrected chi connectivity index (χ2v) is 5.54. The number of carbonyl (C=O) groups is 1. The lowest BCUT2D eigenvalue weighted by Crippen LogP contribution is -2.31. The smallest absolute Gasteiger partial charge is 0.244 e. The number of aryl methyl sites for hydroxylation is 2. The number of halogens is 1. The zero-order valence-corrected chi connectivity index (χ0v) is 13.8. The van der Waals surface area contributed by atoms with Crippen molar-refractivity contribution in [2.75, 3.05) is 7.11 Å². The van der Waals surface area contributed by atoms with Crippen LogP contribution in [0.1, 0.15) is 29.8 Å². The van der Waals surface area contributed by atoms with Crippen LogP contribution in [0.4, 0.5) is 0 Å². The molecule has 0 aliphatic heterocycles. The quantitative estimate of drug-likeness (QED) is 0.918. The molecule has 1 atom stereocenters. The maximum atomic E-state index is 12.2. The van der Waals surface area contributed by atoms with Crippen molar-refractivity contribution >= 4 is 17.5 Å². The normalized spacial score (nSPS) is 12.0. The van der Waals surface area contributed by atoms with Gasteiger partial charge in [0.05, 0.1) is 18.3 Å². The summed E-state index contributed by atoms with van der Waals surface area (Å²) in [6, 6.07) is 1.51. The van der Waals surface area contributed by atoms with Gasteiger partial charge in [-0.1, -0.05) is 11.6 Å². The maximum absolute atomic E-state index is 12.2. The molecule has 0 saturated carbocycles. The van der Waals surface area contributed by atoms with E-state index in [9.17, 15) is 4.79 Å². The third kappa shape index (κ3) is 3.57. The fourth-order valence-electron chi connectivity index (χ4n) is 2.18. The second-order valence-electron chi connectivity index (χ2n) is 5.10. The minimum atomic E-state index is -0.447. The molecule has 22 heavy (non-hydrogen) atoms. The highest BCUT2D eigenvalue weighted by Crippen LogP contribution is 2.20. The molecule has 0 aromatic carbocycles. The Labute approximate surface area is 134 Å². The van der Waals surface area contributed by atoms with Gasteiger partial charge in [-0.15, -0.1) is 0 Å². The van der Waals surface area contributed by atoms with E-state index in [0.717, 1.165) is 16.8 Å². The van der Waals surface area contributed by atoms with Crippen molar-refractivity contribution in [3.8, 4) is 5.88 Å². The zero-order valence-electron chi connectivity index (χ0n) is 13.1. The highest BCUT2D eigenvalue weighted by Gasteiger charge is 2.17. The van der Waals surface area contributed by atoms with Crippen LogP contribution in [0.2, 0.25) is 5.02 Å². The van der Waals surface area contributed by atoms with Crippen LogP contribution in [-0.2, 0) is 11.3 Å². The Balaban J connectivity index is 2.08. The van der Waals surface area contributed by atoms with Crippen LogP contribution in [0.3, 0.4) is 0 Å². The molecule has 0 radical (unpaired) electrons. The molecule has 2 heterocycles. The number of pyridine rings is 1. The summed E-state index contributed by atoms with van der Waals surface area (Å²) in [4.78, 5) is 16.6. The molecule has 2 aromatic rings. The molecule has 2 rings (SSSR count). The first kappa shape index (κ1) is 16.3. The van der Waals surface area contributed by atoms with Gasteiger partial charge in [0.15, 0.2) is 0 Å². The van der Waals surface area contributed by atoms with Crippen molar-refractivity contribution in [1.82, 2.24) is 20.1 Å². The average molecular weight is 323 g/mol. The molecule has 2 aromatic heterocycles. The predicted molar refractivity (Wildman–Crippen MR) is 84.1 cm³/mol. The molecule has 0 fully saturated rings. The van der Waals surface area contributed by atoms with E-state index >= 15 is 0 Å². The van der Waals surface area contributed by atoms with E-state index in [2.05, 4.69) is 15.4 Å². The molecular weight excluding hydrogens is 304 g/mol. The van der Waals surface area contributed by atoms with Gasteiger partial charge in [-0.05, 0) is 32.4 Å². The number of hydrogen-bond acceptors (Lipinski definition) is 4. The molecule has 7 heteroatoms. The first-order valence-electron chi connectivity index (χ1n) is 6.91. The number of carbonyl (C=O) groups excluding carboxylic acids is 1. The van der Waals surface area contributed by atoms with Gasteiger partial charge in [0.25, 0.3) is 0 Å². The van der Waals surface area contributed by atoms with Crippen molar-refractivity contribution < 1.29 is 9.53 Å². The Bertz CT molecular complexity index is 684. The van der Waals surface area contributed by atoms with Gasteiger partial charge in [-0.25, -0.2) is 4.98 Å². The first-order chi connectivity index (χ1) is 10.4. The summed E-state index contributed by atoms with van der Waals surface area (Å²) in [7, 11) is 1.57. The molecule has 1 N–H and O–H groups in total. The highest BCUT2D eigenvalue weighted by molar-refractivity contribution is 6.30.